The van der Waals surface area contributed by atoms with Crippen molar-refractivity contribution in [2.75, 3.05) is 14.2 Å². The fourth-order valence-corrected chi connectivity index (χ4v) is 13.3. The number of hydrogen-bond acceptors (Lipinski definition) is 13. The summed E-state index contributed by atoms with van der Waals surface area (Å²) in [5.41, 5.74) is 9.18. The van der Waals surface area contributed by atoms with E-state index in [-0.39, 0.29) is 59.8 Å². The maximum atomic E-state index is 14.1. The Labute approximate surface area is 563 Å². The number of sulfonamides is 3. The molecular formula is C70H68F5N13O7S3. The first-order valence-corrected chi connectivity index (χ1v) is 34.7. The van der Waals surface area contributed by atoms with E-state index in [2.05, 4.69) is 65.2 Å². The number of carbonyl (C=O) groups excluding carboxylic acids is 1. The molecule has 0 saturated carbocycles. The third kappa shape index (κ3) is 15.7. The fourth-order valence-electron chi connectivity index (χ4n) is 10.2. The van der Waals surface area contributed by atoms with E-state index in [9.17, 15) is 52.0 Å². The SMILES string of the molecule is CC(C)(C)c1ccc(S(=O)(=O)Nc2cc(C(C)(F)F)nn2-c2cccc3ncccc23)cc1.CC(C)(C)c1ccc(S(=O)(=O)Nc2cc(C(F)(F)F)nn2-c2cccc3ncccc23)cc1.CC(C)(C)c1ccc(S(=O)(=O)Nc2cc(C(N)=O)nn2-c2cccc3ncccc23)cc1. The fraction of sp³-hybridized carbons (Fsp3) is 0.214. The summed E-state index contributed by atoms with van der Waals surface area (Å²) in [6.45, 7) is 18.9. The van der Waals surface area contributed by atoms with E-state index in [0.29, 0.717) is 51.7 Å². The molecule has 0 saturated heterocycles. The van der Waals surface area contributed by atoms with Crippen molar-refractivity contribution in [2.24, 2.45) is 5.73 Å². The molecule has 20 nitrogen and oxygen atoms in total. The van der Waals surface area contributed by atoms with Gasteiger partial charge in [-0.25, -0.2) is 39.3 Å². The molecule has 12 aromatic rings. The zero-order valence-corrected chi connectivity index (χ0v) is 57.1. The Hall–Kier alpha value is -10.5. The molecule has 0 spiro atoms. The van der Waals surface area contributed by atoms with Gasteiger partial charge in [-0.3, -0.25) is 33.9 Å². The molecule has 6 aromatic heterocycles. The highest BCUT2D eigenvalue weighted by Crippen LogP contribution is 2.37. The Kier molecular flexibility index (Phi) is 19.0. The van der Waals surface area contributed by atoms with Crippen LogP contribution in [0.25, 0.3) is 49.8 Å². The minimum atomic E-state index is -4.76. The molecule has 0 unspecified atom stereocenters. The summed E-state index contributed by atoms with van der Waals surface area (Å²) in [6, 6.07) is 48.2. The number of fused-ring (bicyclic) bond motifs is 3. The quantitative estimate of drug-likeness (QED) is 0.0738. The number of aromatic nitrogens is 9. The number of amides is 1. The van der Waals surface area contributed by atoms with E-state index in [1.807, 2.05) is 53.7 Å². The van der Waals surface area contributed by atoms with Gasteiger partial charge in [0.25, 0.3) is 41.9 Å². The lowest BCUT2D eigenvalue weighted by molar-refractivity contribution is -0.141. The topological polar surface area (TPSA) is 274 Å². The maximum absolute atomic E-state index is 14.1. The van der Waals surface area contributed by atoms with Crippen LogP contribution in [-0.2, 0) is 58.4 Å². The maximum Gasteiger partial charge on any atom is 0.435 e. The molecule has 0 fully saturated rings. The standard InChI is InChI=1S/C24H24F2N4O2S.C23H21F3N4O2S.C23H23N5O3S/c1-23(2,3)16-10-12-17(13-11-16)33(31,32)29-22-15-21(24(4,25)26)28-30(22)20-9-5-8-19-18(20)7-6-14-27-19;1-22(2,3)15-9-11-16(12-10-15)33(31,32)29-21-14-20(23(24,25)26)28-30(21)19-8-4-7-18-17(19)6-5-13-27-18;1-23(2,3)15-9-11-16(12-10-15)32(30,31)27-21-14-19(22(24)29)26-28(21)20-8-4-7-18-17(20)6-5-13-25-18/h5-15,29H,1-4H3;4-14,29H,1-3H3;4-14,27H,1-3H3,(H2,24,29). The molecule has 0 radical (unpaired) electrons. The summed E-state index contributed by atoms with van der Waals surface area (Å²) in [7, 11) is -12.2. The summed E-state index contributed by atoms with van der Waals surface area (Å²) in [4.78, 5) is 24.6. The third-order valence-corrected chi connectivity index (χ3v) is 19.6. The molecule has 28 heteroatoms. The van der Waals surface area contributed by atoms with Crippen LogP contribution in [0.15, 0.2) is 215 Å². The summed E-state index contributed by atoms with van der Waals surface area (Å²) in [5, 5.41) is 13.8. The minimum Gasteiger partial charge on any atom is -0.364 e. The number of primary amides is 1. The van der Waals surface area contributed by atoms with Gasteiger partial charge in [-0.05, 0) is 142 Å². The highest BCUT2D eigenvalue weighted by atomic mass is 32.2. The first-order chi connectivity index (χ1) is 45.8. The van der Waals surface area contributed by atoms with Gasteiger partial charge in [-0.2, -0.15) is 37.2 Å². The van der Waals surface area contributed by atoms with Crippen molar-refractivity contribution in [3.8, 4) is 17.1 Å². The Morgan fingerprint density at radius 1 is 0.388 bits per heavy atom. The summed E-state index contributed by atoms with van der Waals surface area (Å²) in [6.07, 6.45) is 0.0739. The third-order valence-electron chi connectivity index (χ3n) is 15.5. The highest BCUT2D eigenvalue weighted by Gasteiger charge is 2.37. The second-order valence-electron chi connectivity index (χ2n) is 25.9. The van der Waals surface area contributed by atoms with Gasteiger partial charge in [-0.15, -0.1) is 0 Å². The van der Waals surface area contributed by atoms with E-state index in [0.717, 1.165) is 32.8 Å². The number of nitrogens with one attached hydrogen (secondary N) is 3. The Morgan fingerprint density at radius 3 is 0.980 bits per heavy atom. The van der Waals surface area contributed by atoms with E-state index in [1.54, 1.807) is 146 Å². The number of nitrogens with two attached hydrogens (primary N) is 1. The minimum absolute atomic E-state index is 0.0210. The summed E-state index contributed by atoms with van der Waals surface area (Å²) in [5.74, 6) is -4.36. The lowest BCUT2D eigenvalue weighted by Crippen LogP contribution is -2.17. The smallest absolute Gasteiger partial charge is 0.364 e. The molecule has 0 aliphatic carbocycles. The monoisotopic (exact) mass is 1390 g/mol. The molecule has 6 aromatic carbocycles. The van der Waals surface area contributed by atoms with E-state index in [1.165, 1.54) is 39.7 Å². The Morgan fingerprint density at radius 2 is 0.684 bits per heavy atom. The molecular weight excluding hydrogens is 1330 g/mol. The number of rotatable bonds is 14. The molecule has 1 amide bonds. The van der Waals surface area contributed by atoms with Crippen LogP contribution in [0.3, 0.4) is 0 Å². The number of halogens is 5. The van der Waals surface area contributed by atoms with Gasteiger partial charge < -0.3 is 5.73 Å². The average Bonchev–Trinajstić information content (AvgIpc) is 1.58. The average molecular weight is 1390 g/mol. The molecule has 0 atom stereocenters. The number of nitrogens with zero attached hydrogens (tertiary/aromatic N) is 9. The second-order valence-corrected chi connectivity index (χ2v) is 31.0. The van der Waals surface area contributed by atoms with Crippen LogP contribution >= 0.6 is 0 Å². The number of carbonyl (C=O) groups is 1. The lowest BCUT2D eigenvalue weighted by atomic mass is 9.87. The summed E-state index contributed by atoms with van der Waals surface area (Å²) < 4.78 is 158. The number of benzene rings is 6. The predicted molar refractivity (Wildman–Crippen MR) is 368 cm³/mol. The van der Waals surface area contributed by atoms with Gasteiger partial charge in [0.15, 0.2) is 11.4 Å². The van der Waals surface area contributed by atoms with E-state index in [4.69, 9.17) is 5.73 Å². The molecule has 0 bridgehead atoms. The van der Waals surface area contributed by atoms with Gasteiger partial charge in [0.1, 0.15) is 23.1 Å². The van der Waals surface area contributed by atoms with Crippen LogP contribution in [0.4, 0.5) is 39.4 Å². The molecule has 0 aliphatic rings. The molecule has 508 valence electrons. The van der Waals surface area contributed by atoms with Gasteiger partial charge in [-0.1, -0.05) is 117 Å². The number of pyridine rings is 3. The second kappa shape index (κ2) is 26.5. The van der Waals surface area contributed by atoms with Crippen LogP contribution < -0.4 is 19.9 Å². The van der Waals surface area contributed by atoms with Gasteiger partial charge in [0.2, 0.25) is 0 Å². The Balaban J connectivity index is 0.000000159. The molecule has 12 rings (SSSR count). The van der Waals surface area contributed by atoms with Crippen molar-refractivity contribution in [3.05, 3.63) is 234 Å². The van der Waals surface area contributed by atoms with Gasteiger partial charge in [0.05, 0.1) is 48.3 Å². The van der Waals surface area contributed by atoms with Crippen molar-refractivity contribution in [2.45, 2.75) is 112 Å². The van der Waals surface area contributed by atoms with Crippen LogP contribution in [0.1, 0.15) is 108 Å². The molecule has 0 aliphatic heterocycles. The van der Waals surface area contributed by atoms with Crippen LogP contribution in [0.5, 0.6) is 0 Å². The van der Waals surface area contributed by atoms with Crippen LogP contribution in [0.2, 0.25) is 0 Å². The number of alkyl halides is 5. The van der Waals surface area contributed by atoms with Crippen molar-refractivity contribution < 1.29 is 52.0 Å². The predicted octanol–water partition coefficient (Wildman–Crippen LogP) is 14.8. The van der Waals surface area contributed by atoms with Gasteiger partial charge in [0, 0.05) is 59.9 Å². The first kappa shape index (κ1) is 70.4. The zero-order valence-electron chi connectivity index (χ0n) is 54.6. The molecule has 98 heavy (non-hydrogen) atoms. The van der Waals surface area contributed by atoms with Crippen LogP contribution in [-0.4, -0.2) is 75.5 Å². The molecule has 6 heterocycles. The molecule has 5 N–H and O–H groups in total. The largest absolute Gasteiger partial charge is 0.435 e. The lowest BCUT2D eigenvalue weighted by Gasteiger charge is -2.19. The Bertz CT molecular complexity index is 5070. The summed E-state index contributed by atoms with van der Waals surface area (Å²) >= 11 is 0. The van der Waals surface area contributed by atoms with Crippen molar-refractivity contribution in [3.63, 3.8) is 0 Å². The zero-order chi connectivity index (χ0) is 71.1. The first-order valence-electron chi connectivity index (χ1n) is 30.3. The van der Waals surface area contributed by atoms with E-state index >= 15 is 0 Å². The van der Waals surface area contributed by atoms with Crippen LogP contribution in [0, 0.1) is 0 Å². The highest BCUT2D eigenvalue weighted by molar-refractivity contribution is 7.93. The van der Waals surface area contributed by atoms with E-state index < -0.39 is 59.5 Å². The van der Waals surface area contributed by atoms with Crippen molar-refractivity contribution in [1.82, 2.24) is 44.3 Å². The van der Waals surface area contributed by atoms with Crippen molar-refractivity contribution >= 4 is 86.1 Å². The number of hydrogen-bond donors (Lipinski definition) is 4. The van der Waals surface area contributed by atoms with Crippen molar-refractivity contribution in [1.29, 1.82) is 0 Å². The normalized spacial score (nSPS) is 12.6. The van der Waals surface area contributed by atoms with Gasteiger partial charge >= 0.3 is 6.18 Å². The number of anilines is 3.